The maximum Gasteiger partial charge on any atom is 0.253 e. The topological polar surface area (TPSA) is 70.2 Å². The highest BCUT2D eigenvalue weighted by molar-refractivity contribution is 5.98. The number of carbonyl (C=O) groups excluding carboxylic acids is 1. The van der Waals surface area contributed by atoms with Crippen LogP contribution in [0.2, 0.25) is 0 Å². The second kappa shape index (κ2) is 5.30. The average Bonchev–Trinajstić information content (AvgIpc) is 2.30. The van der Waals surface area contributed by atoms with Gasteiger partial charge in [-0.2, -0.15) is 0 Å². The first-order chi connectivity index (χ1) is 7.60. The Balaban J connectivity index is 2.89. The molecule has 1 aromatic rings. The molecule has 0 saturated carbocycles. The van der Waals surface area contributed by atoms with E-state index in [-0.39, 0.29) is 11.7 Å². The number of benzene rings is 1. The second-order valence-electron chi connectivity index (χ2n) is 3.47. The summed E-state index contributed by atoms with van der Waals surface area (Å²) in [5, 5.41) is 7.25. The third kappa shape index (κ3) is 2.59. The van der Waals surface area contributed by atoms with Crippen molar-refractivity contribution in [3.63, 3.8) is 0 Å². The molecule has 1 amide bonds. The molecule has 0 saturated heterocycles. The van der Waals surface area contributed by atoms with Crippen LogP contribution in [0.5, 0.6) is 0 Å². The van der Waals surface area contributed by atoms with Gasteiger partial charge in [0.05, 0.1) is 0 Å². The molecular formula is C12H17N3O. The molecule has 0 aliphatic heterocycles. The monoisotopic (exact) mass is 219 g/mol. The number of hydrogen-bond acceptors (Lipinski definition) is 2. The number of hydrogen-bond donors (Lipinski definition) is 2. The van der Waals surface area contributed by atoms with E-state index in [1.165, 1.54) is 0 Å². The lowest BCUT2D eigenvalue weighted by Gasteiger charge is -2.18. The molecule has 0 fully saturated rings. The number of carbonyl (C=O) groups is 1. The molecule has 0 heterocycles. The van der Waals surface area contributed by atoms with Gasteiger partial charge in [-0.05, 0) is 26.0 Å². The van der Waals surface area contributed by atoms with Crippen LogP contribution in [-0.4, -0.2) is 29.7 Å². The molecule has 0 spiro atoms. The molecule has 0 unspecified atom stereocenters. The Morgan fingerprint density at radius 2 is 1.62 bits per heavy atom. The number of amides is 1. The molecule has 0 aliphatic carbocycles. The minimum absolute atomic E-state index is 0.0140. The highest BCUT2D eigenvalue weighted by atomic mass is 16.2. The number of nitrogens with one attached hydrogen (secondary N) is 1. The van der Waals surface area contributed by atoms with E-state index in [0.29, 0.717) is 24.2 Å². The van der Waals surface area contributed by atoms with Crippen molar-refractivity contribution in [2.45, 2.75) is 13.8 Å². The number of rotatable bonds is 4. The summed E-state index contributed by atoms with van der Waals surface area (Å²) in [7, 11) is 0. The predicted molar refractivity (Wildman–Crippen MR) is 64.7 cm³/mol. The standard InChI is InChI=1S/C12H17N3O/c1-3-15(4-2)12(16)10-7-5-9(6-8-10)11(13)14/h5-8H,3-4H2,1-2H3,(H3,13,14). The van der Waals surface area contributed by atoms with Crippen molar-refractivity contribution >= 4 is 11.7 Å². The second-order valence-corrected chi connectivity index (χ2v) is 3.47. The maximum absolute atomic E-state index is 11.9. The van der Waals surface area contributed by atoms with E-state index in [1.807, 2.05) is 13.8 Å². The van der Waals surface area contributed by atoms with Crippen molar-refractivity contribution in [3.05, 3.63) is 35.4 Å². The molecule has 0 radical (unpaired) electrons. The van der Waals surface area contributed by atoms with Crippen molar-refractivity contribution in [2.24, 2.45) is 5.73 Å². The molecule has 0 atom stereocenters. The first kappa shape index (κ1) is 12.2. The molecule has 4 heteroatoms. The van der Waals surface area contributed by atoms with Crippen LogP contribution in [-0.2, 0) is 0 Å². The van der Waals surface area contributed by atoms with Gasteiger partial charge in [-0.15, -0.1) is 0 Å². The highest BCUT2D eigenvalue weighted by Crippen LogP contribution is 2.07. The van der Waals surface area contributed by atoms with Gasteiger partial charge in [0.15, 0.2) is 0 Å². The number of amidine groups is 1. The molecule has 4 nitrogen and oxygen atoms in total. The maximum atomic E-state index is 11.9. The van der Waals surface area contributed by atoms with Crippen LogP contribution in [0.25, 0.3) is 0 Å². The number of nitrogens with zero attached hydrogens (tertiary/aromatic N) is 1. The molecule has 1 rings (SSSR count). The van der Waals surface area contributed by atoms with Crippen molar-refractivity contribution in [2.75, 3.05) is 13.1 Å². The third-order valence-electron chi connectivity index (χ3n) is 2.49. The lowest BCUT2D eigenvalue weighted by atomic mass is 10.1. The summed E-state index contributed by atoms with van der Waals surface area (Å²) in [6.45, 7) is 5.30. The predicted octanol–water partition coefficient (Wildman–Crippen LogP) is 1.45. The normalized spacial score (nSPS) is 9.88. The van der Waals surface area contributed by atoms with Crippen molar-refractivity contribution in [3.8, 4) is 0 Å². The largest absolute Gasteiger partial charge is 0.384 e. The summed E-state index contributed by atoms with van der Waals surface area (Å²) in [5.41, 5.74) is 6.61. The zero-order chi connectivity index (χ0) is 12.1. The number of nitrogens with two attached hydrogens (primary N) is 1. The van der Waals surface area contributed by atoms with E-state index >= 15 is 0 Å². The number of nitrogen functional groups attached to an aromatic ring is 1. The SMILES string of the molecule is CCN(CC)C(=O)c1ccc(C(=N)N)cc1. The van der Waals surface area contributed by atoms with E-state index in [2.05, 4.69) is 0 Å². The first-order valence-electron chi connectivity index (χ1n) is 5.33. The summed E-state index contributed by atoms with van der Waals surface area (Å²) in [6, 6.07) is 6.80. The van der Waals surface area contributed by atoms with Gasteiger partial charge in [-0.3, -0.25) is 10.2 Å². The summed E-state index contributed by atoms with van der Waals surface area (Å²) in [5.74, 6) is 0.0296. The quantitative estimate of drug-likeness (QED) is 0.594. The minimum Gasteiger partial charge on any atom is -0.384 e. The lowest BCUT2D eigenvalue weighted by molar-refractivity contribution is 0.0773. The Morgan fingerprint density at radius 3 is 2.00 bits per heavy atom. The van der Waals surface area contributed by atoms with E-state index in [0.717, 1.165) is 0 Å². The Hall–Kier alpha value is -1.84. The van der Waals surface area contributed by atoms with Crippen LogP contribution in [0.3, 0.4) is 0 Å². The Morgan fingerprint density at radius 1 is 1.19 bits per heavy atom. The zero-order valence-corrected chi connectivity index (χ0v) is 9.66. The van der Waals surface area contributed by atoms with Crippen LogP contribution < -0.4 is 5.73 Å². The molecule has 0 bridgehead atoms. The van der Waals surface area contributed by atoms with Gasteiger partial charge in [0.1, 0.15) is 5.84 Å². The first-order valence-corrected chi connectivity index (χ1v) is 5.33. The van der Waals surface area contributed by atoms with Gasteiger partial charge < -0.3 is 10.6 Å². The molecule has 0 aromatic heterocycles. The minimum atomic E-state index is 0.0140. The fourth-order valence-corrected chi connectivity index (χ4v) is 1.49. The average molecular weight is 219 g/mol. The van der Waals surface area contributed by atoms with Crippen LogP contribution in [0, 0.1) is 5.41 Å². The smallest absolute Gasteiger partial charge is 0.253 e. The third-order valence-corrected chi connectivity index (χ3v) is 2.49. The summed E-state index contributed by atoms with van der Waals surface area (Å²) < 4.78 is 0. The van der Waals surface area contributed by atoms with Gasteiger partial charge in [-0.1, -0.05) is 12.1 Å². The van der Waals surface area contributed by atoms with Gasteiger partial charge in [0.25, 0.3) is 5.91 Å². The zero-order valence-electron chi connectivity index (χ0n) is 9.66. The van der Waals surface area contributed by atoms with E-state index in [1.54, 1.807) is 29.2 Å². The summed E-state index contributed by atoms with van der Waals surface area (Å²) in [6.07, 6.45) is 0. The van der Waals surface area contributed by atoms with Gasteiger partial charge >= 0.3 is 0 Å². The van der Waals surface area contributed by atoms with Crippen molar-refractivity contribution in [1.82, 2.24) is 4.90 Å². The molecule has 86 valence electrons. The van der Waals surface area contributed by atoms with E-state index in [9.17, 15) is 4.79 Å². The van der Waals surface area contributed by atoms with Gasteiger partial charge in [-0.25, -0.2) is 0 Å². The van der Waals surface area contributed by atoms with Crippen molar-refractivity contribution < 1.29 is 4.79 Å². The molecule has 3 N–H and O–H groups in total. The fraction of sp³-hybridized carbons (Fsp3) is 0.333. The Bertz CT molecular complexity index is 380. The van der Waals surface area contributed by atoms with E-state index < -0.39 is 0 Å². The summed E-state index contributed by atoms with van der Waals surface area (Å²) >= 11 is 0. The Labute approximate surface area is 95.6 Å². The van der Waals surface area contributed by atoms with Crippen molar-refractivity contribution in [1.29, 1.82) is 5.41 Å². The highest BCUT2D eigenvalue weighted by Gasteiger charge is 2.11. The van der Waals surface area contributed by atoms with Crippen LogP contribution in [0.15, 0.2) is 24.3 Å². The molecule has 0 aliphatic rings. The Kier molecular flexibility index (Phi) is 4.05. The molecular weight excluding hydrogens is 202 g/mol. The molecule has 1 aromatic carbocycles. The van der Waals surface area contributed by atoms with Crippen LogP contribution >= 0.6 is 0 Å². The lowest BCUT2D eigenvalue weighted by Crippen LogP contribution is -2.30. The summed E-state index contributed by atoms with van der Waals surface area (Å²) in [4.78, 5) is 13.7. The van der Waals surface area contributed by atoms with Gasteiger partial charge in [0.2, 0.25) is 0 Å². The van der Waals surface area contributed by atoms with Gasteiger partial charge in [0, 0.05) is 24.2 Å². The van der Waals surface area contributed by atoms with Crippen LogP contribution in [0.4, 0.5) is 0 Å². The molecule has 16 heavy (non-hydrogen) atoms. The fourth-order valence-electron chi connectivity index (χ4n) is 1.49. The van der Waals surface area contributed by atoms with E-state index in [4.69, 9.17) is 11.1 Å². The van der Waals surface area contributed by atoms with Crippen LogP contribution in [0.1, 0.15) is 29.8 Å².